The molecule has 1 aromatic rings. The molecule has 1 fully saturated rings. The number of likely N-dealkylation sites (tertiary alicyclic amines) is 1. The van der Waals surface area contributed by atoms with Gasteiger partial charge < -0.3 is 10.6 Å². The number of carbonyl (C=O) groups excluding carboxylic acids is 1. The Morgan fingerprint density at radius 2 is 2.18 bits per heavy atom. The maximum Gasteiger partial charge on any atom is 0.259 e. The maximum atomic E-state index is 12.3. The van der Waals surface area contributed by atoms with Gasteiger partial charge in [0.15, 0.2) is 5.82 Å². The number of amides is 1. The van der Waals surface area contributed by atoms with Gasteiger partial charge in [-0.05, 0) is 25.7 Å². The minimum absolute atomic E-state index is 0.0169. The van der Waals surface area contributed by atoms with Crippen LogP contribution >= 0.6 is 0 Å². The molecule has 1 amide bonds. The van der Waals surface area contributed by atoms with Gasteiger partial charge in [0.1, 0.15) is 5.56 Å². The second-order valence-electron chi connectivity index (χ2n) is 4.75. The minimum Gasteiger partial charge on any atom is -0.382 e. The Kier molecular flexibility index (Phi) is 3.36. The van der Waals surface area contributed by atoms with Crippen molar-refractivity contribution < 1.29 is 4.79 Å². The van der Waals surface area contributed by atoms with Crippen LogP contribution in [0.25, 0.3) is 0 Å². The molecule has 1 aliphatic heterocycles. The van der Waals surface area contributed by atoms with Crippen LogP contribution in [-0.4, -0.2) is 34.1 Å². The molecule has 0 atom stereocenters. The lowest BCUT2D eigenvalue weighted by Gasteiger charge is -2.31. The average Bonchev–Trinajstić information content (AvgIpc) is 2.68. The summed E-state index contributed by atoms with van der Waals surface area (Å²) in [6.07, 6.45) is 3.40. The molecule has 1 aliphatic rings. The van der Waals surface area contributed by atoms with Crippen molar-refractivity contribution in [2.75, 3.05) is 18.8 Å². The predicted molar refractivity (Wildman–Crippen MR) is 66.7 cm³/mol. The number of hydrogen-bond acceptors (Lipinski definition) is 3. The number of aromatic nitrogens is 2. The molecule has 5 nitrogen and oxygen atoms in total. The van der Waals surface area contributed by atoms with Crippen molar-refractivity contribution in [1.29, 1.82) is 0 Å². The molecule has 17 heavy (non-hydrogen) atoms. The Morgan fingerprint density at radius 1 is 1.53 bits per heavy atom. The van der Waals surface area contributed by atoms with E-state index < -0.39 is 0 Å². The third-order valence-electron chi connectivity index (χ3n) is 3.67. The number of rotatable bonds is 2. The van der Waals surface area contributed by atoms with Gasteiger partial charge in [0.2, 0.25) is 0 Å². The summed E-state index contributed by atoms with van der Waals surface area (Å²) in [5.74, 6) is 1.09. The van der Waals surface area contributed by atoms with Gasteiger partial charge in [-0.1, -0.05) is 13.3 Å². The fourth-order valence-electron chi connectivity index (χ4n) is 2.42. The summed E-state index contributed by atoms with van der Waals surface area (Å²) in [6.45, 7) is 5.71. The molecule has 94 valence electrons. The van der Waals surface area contributed by atoms with Gasteiger partial charge in [-0.15, -0.1) is 0 Å². The van der Waals surface area contributed by atoms with Crippen LogP contribution in [0.4, 0.5) is 5.82 Å². The van der Waals surface area contributed by atoms with E-state index in [0.29, 0.717) is 11.4 Å². The SMILES string of the molecule is CCC1CCN(C(=O)c2c(N)n[nH]c2C)CC1. The molecule has 5 heteroatoms. The highest BCUT2D eigenvalue weighted by molar-refractivity contribution is 5.99. The molecular formula is C12H20N4O. The van der Waals surface area contributed by atoms with Gasteiger partial charge in [-0.2, -0.15) is 5.10 Å². The highest BCUT2D eigenvalue weighted by Crippen LogP contribution is 2.23. The molecule has 3 N–H and O–H groups in total. The van der Waals surface area contributed by atoms with Crippen LogP contribution in [0.3, 0.4) is 0 Å². The highest BCUT2D eigenvalue weighted by atomic mass is 16.2. The fourth-order valence-corrected chi connectivity index (χ4v) is 2.42. The Morgan fingerprint density at radius 3 is 2.65 bits per heavy atom. The predicted octanol–water partition coefficient (Wildman–Crippen LogP) is 1.56. The van der Waals surface area contributed by atoms with E-state index in [1.54, 1.807) is 0 Å². The maximum absolute atomic E-state index is 12.3. The summed E-state index contributed by atoms with van der Waals surface area (Å²) in [4.78, 5) is 14.2. The van der Waals surface area contributed by atoms with E-state index in [-0.39, 0.29) is 5.91 Å². The summed E-state index contributed by atoms with van der Waals surface area (Å²) in [6, 6.07) is 0. The van der Waals surface area contributed by atoms with Crippen LogP contribution in [-0.2, 0) is 0 Å². The van der Waals surface area contributed by atoms with Gasteiger partial charge >= 0.3 is 0 Å². The Balaban J connectivity index is 2.07. The van der Waals surface area contributed by atoms with Gasteiger partial charge in [-0.25, -0.2) is 0 Å². The summed E-state index contributed by atoms with van der Waals surface area (Å²) < 4.78 is 0. The number of aromatic amines is 1. The molecular weight excluding hydrogens is 216 g/mol. The monoisotopic (exact) mass is 236 g/mol. The average molecular weight is 236 g/mol. The molecule has 1 saturated heterocycles. The highest BCUT2D eigenvalue weighted by Gasteiger charge is 2.26. The second-order valence-corrected chi connectivity index (χ2v) is 4.75. The fraction of sp³-hybridized carbons (Fsp3) is 0.667. The topological polar surface area (TPSA) is 75.0 Å². The Bertz CT molecular complexity index is 385. The van der Waals surface area contributed by atoms with E-state index in [4.69, 9.17) is 5.73 Å². The lowest BCUT2D eigenvalue weighted by atomic mass is 9.94. The van der Waals surface area contributed by atoms with E-state index in [1.165, 1.54) is 6.42 Å². The number of aryl methyl sites for hydroxylation is 1. The van der Waals surface area contributed by atoms with Gasteiger partial charge in [-0.3, -0.25) is 9.89 Å². The quantitative estimate of drug-likeness (QED) is 0.818. The van der Waals surface area contributed by atoms with Crippen LogP contribution in [0.5, 0.6) is 0 Å². The van der Waals surface area contributed by atoms with Crippen molar-refractivity contribution in [2.24, 2.45) is 5.92 Å². The number of anilines is 1. The van der Waals surface area contributed by atoms with E-state index in [2.05, 4.69) is 17.1 Å². The van der Waals surface area contributed by atoms with Gasteiger partial charge in [0.25, 0.3) is 5.91 Å². The van der Waals surface area contributed by atoms with Crippen molar-refractivity contribution in [3.8, 4) is 0 Å². The number of piperidine rings is 1. The molecule has 0 spiro atoms. The van der Waals surface area contributed by atoms with Crippen molar-refractivity contribution in [2.45, 2.75) is 33.1 Å². The zero-order valence-corrected chi connectivity index (χ0v) is 10.5. The molecule has 0 aromatic carbocycles. The summed E-state index contributed by atoms with van der Waals surface area (Å²) in [5, 5.41) is 6.62. The van der Waals surface area contributed by atoms with E-state index in [9.17, 15) is 4.79 Å². The summed E-state index contributed by atoms with van der Waals surface area (Å²) >= 11 is 0. The van der Waals surface area contributed by atoms with Crippen molar-refractivity contribution in [1.82, 2.24) is 15.1 Å². The number of carbonyl (C=O) groups is 1. The molecule has 0 radical (unpaired) electrons. The summed E-state index contributed by atoms with van der Waals surface area (Å²) in [5.41, 5.74) is 7.01. The molecule has 1 aromatic heterocycles. The first-order chi connectivity index (χ1) is 8.13. The number of hydrogen-bond donors (Lipinski definition) is 2. The van der Waals surface area contributed by atoms with Crippen LogP contribution in [0.2, 0.25) is 0 Å². The first kappa shape index (κ1) is 12.0. The molecule has 0 bridgehead atoms. The Hall–Kier alpha value is -1.52. The normalized spacial score (nSPS) is 17.4. The smallest absolute Gasteiger partial charge is 0.259 e. The van der Waals surface area contributed by atoms with E-state index >= 15 is 0 Å². The van der Waals surface area contributed by atoms with Crippen LogP contribution in [0.15, 0.2) is 0 Å². The molecule has 0 aliphatic carbocycles. The number of nitrogens with two attached hydrogens (primary N) is 1. The third kappa shape index (κ3) is 2.28. The third-order valence-corrected chi connectivity index (χ3v) is 3.67. The molecule has 0 saturated carbocycles. The zero-order chi connectivity index (χ0) is 12.4. The number of H-pyrrole nitrogens is 1. The Labute approximate surface area is 101 Å². The molecule has 0 unspecified atom stereocenters. The van der Waals surface area contributed by atoms with Crippen molar-refractivity contribution in [3.63, 3.8) is 0 Å². The largest absolute Gasteiger partial charge is 0.382 e. The first-order valence-electron chi connectivity index (χ1n) is 6.23. The van der Waals surface area contributed by atoms with Gasteiger partial charge in [0, 0.05) is 18.8 Å². The van der Waals surface area contributed by atoms with Gasteiger partial charge in [0.05, 0.1) is 0 Å². The lowest BCUT2D eigenvalue weighted by Crippen LogP contribution is -2.38. The van der Waals surface area contributed by atoms with E-state index in [1.807, 2.05) is 11.8 Å². The molecule has 2 heterocycles. The number of nitrogen functional groups attached to an aromatic ring is 1. The molecule has 2 rings (SSSR count). The zero-order valence-electron chi connectivity index (χ0n) is 10.5. The standard InChI is InChI=1S/C12H20N4O/c1-3-9-4-6-16(7-5-9)12(17)10-8(2)14-15-11(10)13/h9H,3-7H2,1-2H3,(H3,13,14,15). The van der Waals surface area contributed by atoms with Crippen LogP contribution in [0.1, 0.15) is 42.2 Å². The number of nitrogens with one attached hydrogen (secondary N) is 1. The van der Waals surface area contributed by atoms with Crippen molar-refractivity contribution in [3.05, 3.63) is 11.3 Å². The van der Waals surface area contributed by atoms with E-state index in [0.717, 1.165) is 37.5 Å². The van der Waals surface area contributed by atoms with Crippen LogP contribution in [0, 0.1) is 12.8 Å². The number of nitrogens with zero attached hydrogens (tertiary/aromatic N) is 2. The van der Waals surface area contributed by atoms with Crippen LogP contribution < -0.4 is 5.73 Å². The second kappa shape index (κ2) is 4.77. The minimum atomic E-state index is 0.0169. The first-order valence-corrected chi connectivity index (χ1v) is 6.23. The summed E-state index contributed by atoms with van der Waals surface area (Å²) in [7, 11) is 0. The lowest BCUT2D eigenvalue weighted by molar-refractivity contribution is 0.0689. The van der Waals surface area contributed by atoms with Crippen molar-refractivity contribution >= 4 is 11.7 Å².